The molecule has 1 saturated heterocycles. The Kier molecular flexibility index (Phi) is 5.48. The third-order valence-corrected chi connectivity index (χ3v) is 4.54. The van der Waals surface area contributed by atoms with Crippen molar-refractivity contribution in [3.8, 4) is 5.75 Å². The molecular weight excluding hydrogens is 305 g/mol. The van der Waals surface area contributed by atoms with E-state index in [4.69, 9.17) is 4.74 Å². The van der Waals surface area contributed by atoms with Crippen LogP contribution in [0.4, 0.5) is 4.39 Å². The molecular formula is C20H24FNO2. The average Bonchev–Trinajstić information content (AvgIpc) is 2.95. The lowest BCUT2D eigenvalue weighted by Gasteiger charge is -2.24. The van der Waals surface area contributed by atoms with Gasteiger partial charge < -0.3 is 9.84 Å². The van der Waals surface area contributed by atoms with E-state index >= 15 is 0 Å². The fraction of sp³-hybridized carbons (Fsp3) is 0.400. The molecule has 128 valence electrons. The van der Waals surface area contributed by atoms with Gasteiger partial charge in [-0.25, -0.2) is 4.39 Å². The van der Waals surface area contributed by atoms with Crippen LogP contribution in [0.1, 0.15) is 24.5 Å². The number of aliphatic hydroxyl groups is 1. The third-order valence-electron chi connectivity index (χ3n) is 4.54. The molecule has 0 aliphatic carbocycles. The molecule has 4 heteroatoms. The van der Waals surface area contributed by atoms with Crippen molar-refractivity contribution < 1.29 is 14.2 Å². The van der Waals surface area contributed by atoms with Gasteiger partial charge in [0.1, 0.15) is 11.6 Å². The molecule has 1 fully saturated rings. The van der Waals surface area contributed by atoms with Gasteiger partial charge >= 0.3 is 0 Å². The highest BCUT2D eigenvalue weighted by Crippen LogP contribution is 2.27. The van der Waals surface area contributed by atoms with Crippen molar-refractivity contribution in [1.82, 2.24) is 4.90 Å². The maximum Gasteiger partial charge on any atom is 0.155 e. The van der Waals surface area contributed by atoms with Crippen LogP contribution >= 0.6 is 0 Å². The molecule has 1 N–H and O–H groups in total. The third kappa shape index (κ3) is 4.13. The van der Waals surface area contributed by atoms with Crippen LogP contribution in [0.15, 0.2) is 48.5 Å². The zero-order valence-corrected chi connectivity index (χ0v) is 14.0. The van der Waals surface area contributed by atoms with Crippen LogP contribution < -0.4 is 4.74 Å². The van der Waals surface area contributed by atoms with Crippen LogP contribution in [0, 0.1) is 5.82 Å². The normalized spacial score (nSPS) is 21.1. The molecule has 0 aromatic heterocycles. The lowest BCUT2D eigenvalue weighted by Crippen LogP contribution is -2.34. The first kappa shape index (κ1) is 16.9. The number of aliphatic hydroxyl groups excluding tert-OH is 1. The van der Waals surface area contributed by atoms with Gasteiger partial charge in [0.2, 0.25) is 0 Å². The number of β-amino-alcohol motifs (C(OH)–C–C–N with tert-alkyl or cyclic N) is 1. The summed E-state index contributed by atoms with van der Waals surface area (Å²) in [6, 6.07) is 14.9. The molecule has 2 aromatic rings. The maximum atomic E-state index is 13.7. The van der Waals surface area contributed by atoms with Gasteiger partial charge in [0.15, 0.2) is 6.23 Å². The van der Waals surface area contributed by atoms with Crippen molar-refractivity contribution in [2.45, 2.75) is 38.5 Å². The molecule has 0 saturated carbocycles. The highest BCUT2D eigenvalue weighted by Gasteiger charge is 2.31. The molecule has 3 nitrogen and oxygen atoms in total. The van der Waals surface area contributed by atoms with Crippen molar-refractivity contribution in [2.24, 2.45) is 0 Å². The Hall–Kier alpha value is -1.91. The number of ether oxygens (including phenoxy) is 1. The fourth-order valence-corrected chi connectivity index (χ4v) is 3.23. The summed E-state index contributed by atoms with van der Waals surface area (Å²) in [6.45, 7) is 3.50. The first-order valence-corrected chi connectivity index (χ1v) is 8.57. The maximum absolute atomic E-state index is 13.7. The van der Waals surface area contributed by atoms with E-state index in [0.717, 1.165) is 24.9 Å². The van der Waals surface area contributed by atoms with Gasteiger partial charge in [-0.3, -0.25) is 4.90 Å². The summed E-state index contributed by atoms with van der Waals surface area (Å²) in [5.41, 5.74) is 2.09. The fourth-order valence-electron chi connectivity index (χ4n) is 3.23. The van der Waals surface area contributed by atoms with Gasteiger partial charge in [0.05, 0.1) is 6.10 Å². The van der Waals surface area contributed by atoms with E-state index in [-0.39, 0.29) is 18.1 Å². The second kappa shape index (κ2) is 7.77. The van der Waals surface area contributed by atoms with Crippen molar-refractivity contribution in [2.75, 3.05) is 13.1 Å². The first-order valence-electron chi connectivity index (χ1n) is 8.57. The Morgan fingerprint density at radius 1 is 1.17 bits per heavy atom. The highest BCUT2D eigenvalue weighted by atomic mass is 19.1. The minimum Gasteiger partial charge on any atom is -0.475 e. The summed E-state index contributed by atoms with van der Waals surface area (Å²) in [6.07, 6.45) is 1.64. The zero-order valence-electron chi connectivity index (χ0n) is 14.0. The Bertz CT molecular complexity index is 662. The minimum absolute atomic E-state index is 0.147. The van der Waals surface area contributed by atoms with E-state index in [2.05, 4.69) is 24.0 Å². The zero-order chi connectivity index (χ0) is 16.9. The molecule has 0 spiro atoms. The molecule has 0 amide bonds. The summed E-state index contributed by atoms with van der Waals surface area (Å²) < 4.78 is 19.8. The highest BCUT2D eigenvalue weighted by molar-refractivity contribution is 5.35. The van der Waals surface area contributed by atoms with Crippen LogP contribution in [0.3, 0.4) is 0 Å². The standard InChI is InChI=1S/C20H24FNO2/c1-2-22-14-18(23)13-20(22)24-19-11-10-17(21)12-16(19)9-8-15-6-4-3-5-7-15/h3-7,10-12,18,20,23H,2,8-9,13-14H2,1H3. The number of likely N-dealkylation sites (tertiary alicyclic amines) is 1. The lowest BCUT2D eigenvalue weighted by atomic mass is 10.0. The number of hydrogen-bond donors (Lipinski definition) is 1. The summed E-state index contributed by atoms with van der Waals surface area (Å²) in [5, 5.41) is 9.86. The minimum atomic E-state index is -0.358. The van der Waals surface area contributed by atoms with E-state index in [0.29, 0.717) is 18.7 Å². The Morgan fingerprint density at radius 3 is 2.71 bits per heavy atom. The number of nitrogens with zero attached hydrogens (tertiary/aromatic N) is 1. The largest absolute Gasteiger partial charge is 0.475 e. The van der Waals surface area contributed by atoms with Gasteiger partial charge in [-0.05, 0) is 48.7 Å². The Morgan fingerprint density at radius 2 is 1.96 bits per heavy atom. The molecule has 2 unspecified atom stereocenters. The lowest BCUT2D eigenvalue weighted by molar-refractivity contribution is 0.0638. The van der Waals surface area contributed by atoms with E-state index < -0.39 is 0 Å². The van der Waals surface area contributed by atoms with E-state index in [1.165, 1.54) is 11.6 Å². The number of aryl methyl sites for hydroxylation is 2. The van der Waals surface area contributed by atoms with E-state index in [9.17, 15) is 9.50 Å². The number of benzene rings is 2. The number of hydrogen-bond acceptors (Lipinski definition) is 3. The van der Waals surface area contributed by atoms with Gasteiger partial charge in [-0.15, -0.1) is 0 Å². The summed E-state index contributed by atoms with van der Waals surface area (Å²) in [5.74, 6) is 0.467. The average molecular weight is 329 g/mol. The van der Waals surface area contributed by atoms with Crippen molar-refractivity contribution in [1.29, 1.82) is 0 Å². The van der Waals surface area contributed by atoms with Gasteiger partial charge in [0, 0.05) is 13.0 Å². The van der Waals surface area contributed by atoms with Crippen LogP contribution in [0.5, 0.6) is 5.75 Å². The molecule has 2 aromatic carbocycles. The molecule has 1 aliphatic rings. The summed E-state index contributed by atoms with van der Waals surface area (Å²) in [4.78, 5) is 2.11. The van der Waals surface area contributed by atoms with Crippen LogP contribution in [-0.4, -0.2) is 35.4 Å². The first-order chi connectivity index (χ1) is 11.7. The van der Waals surface area contributed by atoms with Gasteiger partial charge in [-0.1, -0.05) is 37.3 Å². The monoisotopic (exact) mass is 329 g/mol. The molecule has 2 atom stereocenters. The van der Waals surface area contributed by atoms with Gasteiger partial charge in [0.25, 0.3) is 0 Å². The summed E-state index contributed by atoms with van der Waals surface area (Å²) in [7, 11) is 0. The molecule has 0 radical (unpaired) electrons. The molecule has 1 heterocycles. The smallest absolute Gasteiger partial charge is 0.155 e. The number of likely N-dealkylation sites (N-methyl/N-ethyl adjacent to an activating group) is 1. The van der Waals surface area contributed by atoms with Crippen LogP contribution in [0.25, 0.3) is 0 Å². The van der Waals surface area contributed by atoms with Crippen molar-refractivity contribution in [3.63, 3.8) is 0 Å². The topological polar surface area (TPSA) is 32.7 Å². The summed E-state index contributed by atoms with van der Waals surface area (Å²) >= 11 is 0. The number of rotatable bonds is 6. The van der Waals surface area contributed by atoms with Gasteiger partial charge in [-0.2, -0.15) is 0 Å². The second-order valence-electron chi connectivity index (χ2n) is 6.29. The van der Waals surface area contributed by atoms with E-state index in [1.54, 1.807) is 12.1 Å². The van der Waals surface area contributed by atoms with Crippen LogP contribution in [0.2, 0.25) is 0 Å². The SMILES string of the molecule is CCN1CC(O)CC1Oc1ccc(F)cc1CCc1ccccc1. The van der Waals surface area contributed by atoms with Crippen molar-refractivity contribution in [3.05, 3.63) is 65.5 Å². The molecule has 0 bridgehead atoms. The molecule has 3 rings (SSSR count). The number of halogens is 1. The quantitative estimate of drug-likeness (QED) is 0.882. The van der Waals surface area contributed by atoms with E-state index in [1.807, 2.05) is 18.2 Å². The Balaban J connectivity index is 1.73. The van der Waals surface area contributed by atoms with Crippen molar-refractivity contribution >= 4 is 0 Å². The molecule has 1 aliphatic heterocycles. The second-order valence-corrected chi connectivity index (χ2v) is 6.29. The predicted octanol–water partition coefficient (Wildman–Crippen LogP) is 3.40. The Labute approximate surface area is 142 Å². The predicted molar refractivity (Wildman–Crippen MR) is 92.5 cm³/mol. The van der Waals surface area contributed by atoms with Crippen LogP contribution in [-0.2, 0) is 12.8 Å². The molecule has 24 heavy (non-hydrogen) atoms.